The van der Waals surface area contributed by atoms with E-state index < -0.39 is 18.4 Å². The van der Waals surface area contributed by atoms with Crippen LogP contribution in [0.5, 0.6) is 0 Å². The van der Waals surface area contributed by atoms with Crippen LogP contribution in [0.15, 0.2) is 6.07 Å². The summed E-state index contributed by atoms with van der Waals surface area (Å²) in [5, 5.41) is 10.6. The Balaban J connectivity index is 2.44. The Morgan fingerprint density at radius 3 is 2.44 bits per heavy atom. The lowest BCUT2D eigenvalue weighted by Gasteiger charge is -2.02. The van der Waals surface area contributed by atoms with Gasteiger partial charge in [0.15, 0.2) is 5.78 Å². The van der Waals surface area contributed by atoms with Gasteiger partial charge in [0, 0.05) is 28.2 Å². The molecular formula is C12H15NO4S. The predicted molar refractivity (Wildman–Crippen MR) is 68.0 cm³/mol. The van der Waals surface area contributed by atoms with Crippen molar-refractivity contribution in [3.8, 4) is 0 Å². The van der Waals surface area contributed by atoms with Crippen molar-refractivity contribution in [2.45, 2.75) is 26.7 Å². The summed E-state index contributed by atoms with van der Waals surface area (Å²) in [5.41, 5.74) is 0.656. The van der Waals surface area contributed by atoms with Gasteiger partial charge < -0.3 is 10.4 Å². The lowest BCUT2D eigenvalue weighted by molar-refractivity contribution is -0.137. The molecule has 1 aromatic rings. The smallest absolute Gasteiger partial charge is 0.322 e. The van der Waals surface area contributed by atoms with E-state index in [1.54, 1.807) is 11.3 Å². The molecule has 0 aromatic carbocycles. The van der Waals surface area contributed by atoms with E-state index in [0.29, 0.717) is 5.56 Å². The van der Waals surface area contributed by atoms with Crippen molar-refractivity contribution in [3.63, 3.8) is 0 Å². The lowest BCUT2D eigenvalue weighted by Crippen LogP contribution is -2.29. The van der Waals surface area contributed by atoms with E-state index in [9.17, 15) is 14.4 Å². The SMILES string of the molecule is Cc1cc(C(=O)CCC(=O)NCC(=O)O)c(C)s1. The fourth-order valence-electron chi connectivity index (χ4n) is 1.53. The maximum atomic E-state index is 11.8. The molecular weight excluding hydrogens is 254 g/mol. The van der Waals surface area contributed by atoms with Crippen molar-refractivity contribution < 1.29 is 19.5 Å². The van der Waals surface area contributed by atoms with Gasteiger partial charge in [-0.3, -0.25) is 14.4 Å². The molecule has 0 bridgehead atoms. The van der Waals surface area contributed by atoms with Crippen molar-refractivity contribution in [1.82, 2.24) is 5.32 Å². The summed E-state index contributed by atoms with van der Waals surface area (Å²) in [5.74, 6) is -1.60. The Labute approximate surface area is 109 Å². The van der Waals surface area contributed by atoms with Crippen LogP contribution in [-0.4, -0.2) is 29.3 Å². The van der Waals surface area contributed by atoms with Crippen LogP contribution in [0.4, 0.5) is 0 Å². The van der Waals surface area contributed by atoms with Crippen molar-refractivity contribution in [2.24, 2.45) is 0 Å². The number of rotatable bonds is 6. The number of aryl methyl sites for hydroxylation is 2. The van der Waals surface area contributed by atoms with Gasteiger partial charge in [-0.05, 0) is 19.9 Å². The average molecular weight is 269 g/mol. The van der Waals surface area contributed by atoms with Gasteiger partial charge in [-0.1, -0.05) is 0 Å². The number of aliphatic carboxylic acids is 1. The molecule has 1 aromatic heterocycles. The van der Waals surface area contributed by atoms with E-state index in [4.69, 9.17) is 5.11 Å². The lowest BCUT2D eigenvalue weighted by atomic mass is 10.1. The van der Waals surface area contributed by atoms with E-state index in [1.807, 2.05) is 19.9 Å². The molecule has 5 nitrogen and oxygen atoms in total. The summed E-state index contributed by atoms with van der Waals surface area (Å²) in [6.45, 7) is 3.38. The van der Waals surface area contributed by atoms with Gasteiger partial charge in [0.2, 0.25) is 5.91 Å². The van der Waals surface area contributed by atoms with Gasteiger partial charge in [-0.15, -0.1) is 11.3 Å². The molecule has 0 aliphatic heterocycles. The first kappa shape index (κ1) is 14.4. The molecule has 0 aliphatic carbocycles. The minimum Gasteiger partial charge on any atom is -0.480 e. The number of hydrogen-bond donors (Lipinski definition) is 2. The highest BCUT2D eigenvalue weighted by Crippen LogP contribution is 2.22. The molecule has 1 amide bonds. The fraction of sp³-hybridized carbons (Fsp3) is 0.417. The van der Waals surface area contributed by atoms with E-state index >= 15 is 0 Å². The number of carbonyl (C=O) groups excluding carboxylic acids is 2. The zero-order valence-electron chi connectivity index (χ0n) is 10.3. The Kier molecular flexibility index (Phi) is 5.03. The van der Waals surface area contributed by atoms with E-state index in [-0.39, 0.29) is 18.6 Å². The van der Waals surface area contributed by atoms with Gasteiger partial charge in [0.25, 0.3) is 0 Å². The first-order chi connectivity index (χ1) is 8.40. The molecule has 0 spiro atoms. The first-order valence-electron chi connectivity index (χ1n) is 5.49. The van der Waals surface area contributed by atoms with Crippen LogP contribution in [0.1, 0.15) is 33.0 Å². The number of nitrogens with one attached hydrogen (secondary N) is 1. The second-order valence-electron chi connectivity index (χ2n) is 3.92. The van der Waals surface area contributed by atoms with Crippen molar-refractivity contribution >= 4 is 29.0 Å². The van der Waals surface area contributed by atoms with Crippen LogP contribution in [-0.2, 0) is 9.59 Å². The molecule has 98 valence electrons. The molecule has 0 unspecified atom stereocenters. The highest BCUT2D eigenvalue weighted by atomic mass is 32.1. The molecule has 1 rings (SSSR count). The van der Waals surface area contributed by atoms with Crippen molar-refractivity contribution in [3.05, 3.63) is 21.4 Å². The van der Waals surface area contributed by atoms with Crippen LogP contribution in [0.2, 0.25) is 0 Å². The van der Waals surface area contributed by atoms with Gasteiger partial charge in [-0.2, -0.15) is 0 Å². The van der Waals surface area contributed by atoms with Gasteiger partial charge in [0.1, 0.15) is 6.54 Å². The number of Topliss-reactive ketones (excluding diaryl/α,β-unsaturated/α-hetero) is 1. The van der Waals surface area contributed by atoms with E-state index in [0.717, 1.165) is 9.75 Å². The molecule has 0 radical (unpaired) electrons. The minimum atomic E-state index is -1.10. The summed E-state index contributed by atoms with van der Waals surface area (Å²) in [6.07, 6.45) is 0.114. The third kappa shape index (κ3) is 4.29. The molecule has 0 aliphatic rings. The number of carboxylic acids is 1. The highest BCUT2D eigenvalue weighted by Gasteiger charge is 2.13. The predicted octanol–water partition coefficient (Wildman–Crippen LogP) is 1.53. The first-order valence-corrected chi connectivity index (χ1v) is 6.30. The maximum absolute atomic E-state index is 11.8. The van der Waals surface area contributed by atoms with Crippen molar-refractivity contribution in [2.75, 3.05) is 6.54 Å². The number of carboxylic acid groups (broad SMARTS) is 1. The number of hydrogen-bond acceptors (Lipinski definition) is 4. The summed E-state index contributed by atoms with van der Waals surface area (Å²) < 4.78 is 0. The topological polar surface area (TPSA) is 83.5 Å². The fourth-order valence-corrected chi connectivity index (χ4v) is 2.47. The van der Waals surface area contributed by atoms with Crippen molar-refractivity contribution in [1.29, 1.82) is 0 Å². The van der Waals surface area contributed by atoms with Crippen LogP contribution in [0.3, 0.4) is 0 Å². The Bertz CT molecular complexity index is 478. The summed E-state index contributed by atoms with van der Waals surface area (Å²) >= 11 is 1.55. The molecule has 18 heavy (non-hydrogen) atoms. The van der Waals surface area contributed by atoms with Crippen LogP contribution < -0.4 is 5.32 Å². The average Bonchev–Trinajstić information content (AvgIpc) is 2.62. The normalized spacial score (nSPS) is 10.1. The zero-order valence-corrected chi connectivity index (χ0v) is 11.1. The number of amides is 1. The van der Waals surface area contributed by atoms with Crippen LogP contribution >= 0.6 is 11.3 Å². The van der Waals surface area contributed by atoms with Crippen LogP contribution in [0, 0.1) is 13.8 Å². The molecule has 0 atom stereocenters. The number of carbonyl (C=O) groups is 3. The zero-order chi connectivity index (χ0) is 13.7. The Morgan fingerprint density at radius 1 is 1.28 bits per heavy atom. The van der Waals surface area contributed by atoms with Gasteiger partial charge in [0.05, 0.1) is 0 Å². The molecule has 0 saturated heterocycles. The molecule has 2 N–H and O–H groups in total. The number of ketones is 1. The third-order valence-electron chi connectivity index (χ3n) is 2.36. The van der Waals surface area contributed by atoms with Gasteiger partial charge in [-0.25, -0.2) is 0 Å². The Hall–Kier alpha value is -1.69. The summed E-state index contributed by atoms with van der Waals surface area (Å²) in [7, 11) is 0. The second-order valence-corrected chi connectivity index (χ2v) is 5.38. The second kappa shape index (κ2) is 6.30. The van der Waals surface area contributed by atoms with E-state index in [2.05, 4.69) is 5.32 Å². The molecule has 6 heteroatoms. The third-order valence-corrected chi connectivity index (χ3v) is 3.32. The standard InChI is InChI=1S/C12H15NO4S/c1-7-5-9(8(2)18-7)10(14)3-4-11(15)13-6-12(16)17/h5H,3-4,6H2,1-2H3,(H,13,15)(H,16,17). The van der Waals surface area contributed by atoms with Crippen LogP contribution in [0.25, 0.3) is 0 Å². The quantitative estimate of drug-likeness (QED) is 0.767. The molecule has 1 heterocycles. The monoisotopic (exact) mass is 269 g/mol. The van der Waals surface area contributed by atoms with Gasteiger partial charge >= 0.3 is 5.97 Å². The van der Waals surface area contributed by atoms with E-state index in [1.165, 1.54) is 0 Å². The minimum absolute atomic E-state index is 0.0143. The molecule has 0 fully saturated rings. The maximum Gasteiger partial charge on any atom is 0.322 e. The molecule has 0 saturated carbocycles. The summed E-state index contributed by atoms with van der Waals surface area (Å²) in [6, 6.07) is 1.82. The highest BCUT2D eigenvalue weighted by molar-refractivity contribution is 7.12. The Morgan fingerprint density at radius 2 is 1.94 bits per heavy atom. The summed E-state index contributed by atoms with van der Waals surface area (Å²) in [4.78, 5) is 35.3. The number of thiophene rings is 1. The largest absolute Gasteiger partial charge is 0.480 e.